The fraction of sp³-hybridized carbons (Fsp3) is 0.909. The third-order valence-corrected chi connectivity index (χ3v) is 11.5. The van der Waals surface area contributed by atoms with E-state index in [2.05, 4.69) is 20.7 Å². The second kappa shape index (κ2) is 15.7. The molecule has 11 heteroatoms. The minimum atomic E-state index is -3.67. The minimum absolute atomic E-state index is 0.0907. The van der Waals surface area contributed by atoms with Crippen LogP contribution in [0.3, 0.4) is 0 Å². The van der Waals surface area contributed by atoms with Crippen LogP contribution in [0.1, 0.15) is 122 Å². The maximum Gasteiger partial charge on any atom is 0.243 e. The number of carbonyl (C=O) groups is 3. The quantitative estimate of drug-likeness (QED) is 0.320. The number of nitrogens with one attached hydrogen (secondary N) is 4. The van der Waals surface area contributed by atoms with Gasteiger partial charge in [-0.05, 0) is 87.9 Å². The van der Waals surface area contributed by atoms with Crippen molar-refractivity contribution >= 4 is 27.7 Å². The predicted molar refractivity (Wildman–Crippen MR) is 169 cm³/mol. The van der Waals surface area contributed by atoms with Gasteiger partial charge in [-0.1, -0.05) is 57.8 Å². The van der Waals surface area contributed by atoms with Crippen LogP contribution in [0.15, 0.2) is 0 Å². The maximum absolute atomic E-state index is 14.0. The van der Waals surface area contributed by atoms with Crippen LogP contribution in [0.25, 0.3) is 0 Å². The maximum atomic E-state index is 14.0. The van der Waals surface area contributed by atoms with E-state index in [4.69, 9.17) is 4.74 Å². The molecule has 0 spiro atoms. The summed E-state index contributed by atoms with van der Waals surface area (Å²) in [4.78, 5) is 41.2. The summed E-state index contributed by atoms with van der Waals surface area (Å²) < 4.78 is 33.9. The van der Waals surface area contributed by atoms with Crippen molar-refractivity contribution in [1.82, 2.24) is 20.7 Å². The van der Waals surface area contributed by atoms with Gasteiger partial charge in [-0.25, -0.2) is 13.1 Å². The van der Waals surface area contributed by atoms with Gasteiger partial charge in [-0.2, -0.15) is 0 Å². The molecule has 44 heavy (non-hydrogen) atoms. The summed E-state index contributed by atoms with van der Waals surface area (Å²) >= 11 is 0. The number of ether oxygens (including phenoxy) is 1. The minimum Gasteiger partial charge on any atom is -0.375 e. The zero-order valence-corrected chi connectivity index (χ0v) is 27.5. The summed E-state index contributed by atoms with van der Waals surface area (Å²) in [5.74, 6) is 0.479. The molecule has 4 aliphatic carbocycles. The Hall–Kier alpha value is -1.72. The number of rotatable bonds is 8. The first kappa shape index (κ1) is 33.6. The Morgan fingerprint density at radius 2 is 1.41 bits per heavy atom. The van der Waals surface area contributed by atoms with Gasteiger partial charge < -0.3 is 20.7 Å². The van der Waals surface area contributed by atoms with Crippen molar-refractivity contribution in [2.24, 2.45) is 23.7 Å². The molecule has 10 nitrogen and oxygen atoms in total. The highest BCUT2D eigenvalue weighted by Gasteiger charge is 2.37. The second-order valence-corrected chi connectivity index (χ2v) is 16.5. The summed E-state index contributed by atoms with van der Waals surface area (Å²) in [6.45, 7) is 0.630. The van der Waals surface area contributed by atoms with Crippen LogP contribution in [-0.4, -0.2) is 69.3 Å². The highest BCUT2D eigenvalue weighted by Crippen LogP contribution is 2.36. The van der Waals surface area contributed by atoms with Crippen LogP contribution in [0.5, 0.6) is 0 Å². The average molecular weight is 637 g/mol. The molecule has 0 radical (unpaired) electrons. The molecule has 5 rings (SSSR count). The summed E-state index contributed by atoms with van der Waals surface area (Å²) in [6, 6.07) is -2.49. The molecular formula is C33H56N4O6S. The first-order chi connectivity index (χ1) is 21.1. The van der Waals surface area contributed by atoms with Crippen molar-refractivity contribution in [3.8, 4) is 0 Å². The van der Waals surface area contributed by atoms with Crippen LogP contribution in [0.4, 0.5) is 0 Å². The van der Waals surface area contributed by atoms with E-state index in [0.29, 0.717) is 37.6 Å². The van der Waals surface area contributed by atoms with Gasteiger partial charge in [0.15, 0.2) is 0 Å². The Kier molecular flexibility index (Phi) is 12.0. The molecule has 5 fully saturated rings. The zero-order valence-electron chi connectivity index (χ0n) is 26.7. The molecule has 1 heterocycles. The summed E-state index contributed by atoms with van der Waals surface area (Å²) in [7, 11) is -3.67. The Balaban J connectivity index is 1.38. The predicted octanol–water partition coefficient (Wildman–Crippen LogP) is 3.69. The average Bonchev–Trinajstić information content (AvgIpc) is 3.82. The van der Waals surface area contributed by atoms with E-state index in [1.54, 1.807) is 0 Å². The molecule has 3 amide bonds. The molecule has 1 saturated heterocycles. The molecule has 4 saturated carbocycles. The van der Waals surface area contributed by atoms with E-state index < -0.39 is 34.1 Å². The lowest BCUT2D eigenvalue weighted by atomic mass is 9.81. The van der Waals surface area contributed by atoms with Crippen LogP contribution in [0.2, 0.25) is 0 Å². The van der Waals surface area contributed by atoms with Crippen molar-refractivity contribution < 1.29 is 27.5 Å². The SMILES string of the molecule is CS(=O)(=O)N[C@H]1CC2CCCC(C2)OC2CCCC(C2)C[C@@H](C(=O)NCC2CC2)NC(=O)[C@H](CCC2CCCCC2)NC1=O. The van der Waals surface area contributed by atoms with Gasteiger partial charge in [0.2, 0.25) is 27.7 Å². The van der Waals surface area contributed by atoms with E-state index >= 15 is 0 Å². The van der Waals surface area contributed by atoms with Crippen molar-refractivity contribution in [2.45, 2.75) is 152 Å². The van der Waals surface area contributed by atoms with E-state index in [9.17, 15) is 22.8 Å². The van der Waals surface area contributed by atoms with Gasteiger partial charge in [0.25, 0.3) is 0 Å². The zero-order chi connectivity index (χ0) is 31.1. The van der Waals surface area contributed by atoms with E-state index in [0.717, 1.165) is 89.7 Å². The molecule has 0 aromatic carbocycles. The molecule has 0 aromatic rings. The fourth-order valence-corrected chi connectivity index (χ4v) is 8.90. The van der Waals surface area contributed by atoms with Gasteiger partial charge in [-0.15, -0.1) is 0 Å². The van der Waals surface area contributed by atoms with Crippen LogP contribution in [0, 0.1) is 23.7 Å². The van der Waals surface area contributed by atoms with Gasteiger partial charge >= 0.3 is 0 Å². The van der Waals surface area contributed by atoms with Crippen molar-refractivity contribution in [2.75, 3.05) is 12.8 Å². The lowest BCUT2D eigenvalue weighted by molar-refractivity contribution is -0.133. The Morgan fingerprint density at radius 1 is 0.750 bits per heavy atom. The second-order valence-electron chi connectivity index (χ2n) is 14.8. The standard InChI is InChI=1S/C33H56N4O6S/c1-44(41,42)37-30-20-25-10-6-12-27(18-25)43-26-11-5-9-24(17-26)19-29(31(38)34-21-23-13-14-23)36-32(39)28(35-33(30)40)16-15-22-7-3-2-4-8-22/h22-30,37H,2-21H2,1H3,(H,34,38)(H,35,40)(H,36,39)/t24?,25?,26?,27?,28-,29-,30-/m0/s1. The topological polar surface area (TPSA) is 143 Å². The number of amides is 3. The molecular weight excluding hydrogens is 580 g/mol. The third-order valence-electron chi connectivity index (χ3n) is 10.8. The summed E-state index contributed by atoms with van der Waals surface area (Å²) in [5, 5.41) is 9.10. The molecule has 7 atom stereocenters. The highest BCUT2D eigenvalue weighted by atomic mass is 32.2. The van der Waals surface area contributed by atoms with Crippen LogP contribution >= 0.6 is 0 Å². The van der Waals surface area contributed by atoms with Crippen LogP contribution < -0.4 is 20.7 Å². The van der Waals surface area contributed by atoms with Gasteiger partial charge in [0.1, 0.15) is 18.1 Å². The molecule has 4 unspecified atom stereocenters. The van der Waals surface area contributed by atoms with Crippen molar-refractivity contribution in [3.05, 3.63) is 0 Å². The lowest BCUT2D eigenvalue weighted by Crippen LogP contribution is -2.57. The van der Waals surface area contributed by atoms with E-state index in [1.165, 1.54) is 19.3 Å². The molecule has 4 bridgehead atoms. The number of fused-ring (bicyclic) bond motifs is 4. The normalized spacial score (nSPS) is 34.9. The van der Waals surface area contributed by atoms with Gasteiger partial charge in [0, 0.05) is 6.54 Å². The summed E-state index contributed by atoms with van der Waals surface area (Å²) in [6.07, 6.45) is 19.2. The monoisotopic (exact) mass is 636 g/mol. The number of hydrogen-bond donors (Lipinski definition) is 4. The van der Waals surface area contributed by atoms with E-state index in [1.807, 2.05) is 0 Å². The Labute approximate surface area is 264 Å². The first-order valence-corrected chi connectivity index (χ1v) is 19.5. The fourth-order valence-electron chi connectivity index (χ4n) is 8.18. The summed E-state index contributed by atoms with van der Waals surface area (Å²) in [5.41, 5.74) is 0. The number of hydrogen-bond acceptors (Lipinski definition) is 6. The van der Waals surface area contributed by atoms with Crippen molar-refractivity contribution in [1.29, 1.82) is 0 Å². The van der Waals surface area contributed by atoms with Crippen molar-refractivity contribution in [3.63, 3.8) is 0 Å². The Bertz CT molecular complexity index is 1090. The molecule has 5 aliphatic rings. The number of carbonyl (C=O) groups excluding carboxylic acids is 3. The van der Waals surface area contributed by atoms with Gasteiger partial charge in [-0.3, -0.25) is 14.4 Å². The third kappa shape index (κ3) is 10.7. The molecule has 250 valence electrons. The Morgan fingerprint density at radius 3 is 2.05 bits per heavy atom. The smallest absolute Gasteiger partial charge is 0.243 e. The van der Waals surface area contributed by atoms with Gasteiger partial charge in [0.05, 0.1) is 18.5 Å². The molecule has 4 N–H and O–H groups in total. The van der Waals surface area contributed by atoms with E-state index in [-0.39, 0.29) is 35.9 Å². The molecule has 0 aromatic heterocycles. The molecule has 1 aliphatic heterocycles. The van der Waals surface area contributed by atoms with Crippen LogP contribution in [-0.2, 0) is 29.1 Å². The highest BCUT2D eigenvalue weighted by molar-refractivity contribution is 7.88. The largest absolute Gasteiger partial charge is 0.375 e. The number of sulfonamides is 1. The lowest BCUT2D eigenvalue weighted by Gasteiger charge is -2.37. The first-order valence-electron chi connectivity index (χ1n) is 17.6.